The van der Waals surface area contributed by atoms with E-state index in [9.17, 15) is 4.79 Å². The van der Waals surface area contributed by atoms with Crippen molar-refractivity contribution in [2.45, 2.75) is 45.6 Å². The van der Waals surface area contributed by atoms with E-state index in [1.807, 2.05) is 4.90 Å². The number of guanidine groups is 1. The quantitative estimate of drug-likeness (QED) is 0.307. The van der Waals surface area contributed by atoms with E-state index in [1.54, 1.807) is 0 Å². The highest BCUT2D eigenvalue weighted by Crippen LogP contribution is 2.03. The molecular weight excluding hydrogens is 230 g/mol. The smallest absolute Gasteiger partial charge is 0.239 e. The highest BCUT2D eigenvalue weighted by Gasteiger charge is 2.19. The molecule has 6 nitrogen and oxygen atoms in total. The summed E-state index contributed by atoms with van der Waals surface area (Å²) in [5, 5.41) is 0. The fourth-order valence-corrected chi connectivity index (χ4v) is 1.75. The largest absolute Gasteiger partial charge is 0.370 e. The van der Waals surface area contributed by atoms with Gasteiger partial charge in [0.2, 0.25) is 5.91 Å². The van der Waals surface area contributed by atoms with E-state index in [2.05, 4.69) is 18.8 Å². The number of carbonyl (C=O) groups is 1. The van der Waals surface area contributed by atoms with Crippen LogP contribution in [0, 0.1) is 0 Å². The molecule has 0 radical (unpaired) electrons. The Morgan fingerprint density at radius 3 is 2.22 bits per heavy atom. The standard InChI is InChI=1S/C12H27N5O/c1-3-8-17(9-4-2)11(18)10(13)6-5-7-16-12(14)15/h10H,3-9,13H2,1-2H3,(H4,14,15,16)/t10-/m1/s1. The second-order valence-electron chi connectivity index (χ2n) is 4.38. The molecule has 0 saturated heterocycles. The van der Waals surface area contributed by atoms with Crippen LogP contribution in [0.1, 0.15) is 39.5 Å². The van der Waals surface area contributed by atoms with Crippen molar-refractivity contribution in [1.29, 1.82) is 0 Å². The van der Waals surface area contributed by atoms with Crippen molar-refractivity contribution in [3.63, 3.8) is 0 Å². The first kappa shape index (κ1) is 16.7. The Morgan fingerprint density at radius 1 is 1.22 bits per heavy atom. The number of hydrogen-bond acceptors (Lipinski definition) is 3. The number of carbonyl (C=O) groups excluding carboxylic acids is 1. The number of nitrogens with two attached hydrogens (primary N) is 3. The van der Waals surface area contributed by atoms with E-state index in [1.165, 1.54) is 0 Å². The van der Waals surface area contributed by atoms with Crippen LogP contribution in [0.5, 0.6) is 0 Å². The molecule has 0 aliphatic rings. The molecule has 0 aliphatic heterocycles. The number of hydrogen-bond donors (Lipinski definition) is 3. The summed E-state index contributed by atoms with van der Waals surface area (Å²) >= 11 is 0. The van der Waals surface area contributed by atoms with Crippen LogP contribution >= 0.6 is 0 Å². The van der Waals surface area contributed by atoms with Crippen molar-refractivity contribution in [3.05, 3.63) is 0 Å². The molecular formula is C12H27N5O. The topological polar surface area (TPSA) is 111 Å². The zero-order chi connectivity index (χ0) is 14.0. The molecule has 0 fully saturated rings. The first-order valence-electron chi connectivity index (χ1n) is 6.62. The SMILES string of the molecule is CCCN(CCC)C(=O)[C@H](N)CCCN=C(N)N. The Kier molecular flexibility index (Phi) is 9.00. The second-order valence-corrected chi connectivity index (χ2v) is 4.38. The Labute approximate surface area is 110 Å². The van der Waals surface area contributed by atoms with Crippen LogP contribution in [0.4, 0.5) is 0 Å². The molecule has 0 saturated carbocycles. The summed E-state index contributed by atoms with van der Waals surface area (Å²) < 4.78 is 0. The molecule has 0 aliphatic carbocycles. The van der Waals surface area contributed by atoms with Gasteiger partial charge in [-0.1, -0.05) is 13.8 Å². The number of aliphatic imine (C=N–C) groups is 1. The van der Waals surface area contributed by atoms with E-state index >= 15 is 0 Å². The highest BCUT2D eigenvalue weighted by atomic mass is 16.2. The fourth-order valence-electron chi connectivity index (χ4n) is 1.75. The van der Waals surface area contributed by atoms with E-state index in [0.29, 0.717) is 13.0 Å². The molecule has 0 aromatic rings. The zero-order valence-corrected chi connectivity index (χ0v) is 11.6. The lowest BCUT2D eigenvalue weighted by atomic mass is 10.1. The summed E-state index contributed by atoms with van der Waals surface area (Å²) in [5.74, 6) is 0.108. The third kappa shape index (κ3) is 7.11. The van der Waals surface area contributed by atoms with Crippen LogP contribution in [0.3, 0.4) is 0 Å². The first-order chi connectivity index (χ1) is 8.52. The summed E-state index contributed by atoms with van der Waals surface area (Å²) in [5.41, 5.74) is 16.3. The zero-order valence-electron chi connectivity index (χ0n) is 11.6. The fraction of sp³-hybridized carbons (Fsp3) is 0.833. The molecule has 0 spiro atoms. The van der Waals surface area contributed by atoms with Gasteiger partial charge in [-0.3, -0.25) is 9.79 Å². The van der Waals surface area contributed by atoms with Gasteiger partial charge in [-0.25, -0.2) is 0 Å². The minimum absolute atomic E-state index is 0.0309. The van der Waals surface area contributed by atoms with Gasteiger partial charge >= 0.3 is 0 Å². The summed E-state index contributed by atoms with van der Waals surface area (Å²) in [6, 6.07) is -0.447. The first-order valence-corrected chi connectivity index (χ1v) is 6.62. The normalized spacial score (nSPS) is 11.9. The summed E-state index contributed by atoms with van der Waals surface area (Å²) in [4.78, 5) is 17.8. The van der Waals surface area contributed by atoms with Gasteiger partial charge in [0, 0.05) is 19.6 Å². The molecule has 106 valence electrons. The van der Waals surface area contributed by atoms with Crippen molar-refractivity contribution >= 4 is 11.9 Å². The minimum atomic E-state index is -0.447. The van der Waals surface area contributed by atoms with Crippen molar-refractivity contribution in [2.24, 2.45) is 22.2 Å². The predicted octanol–water partition coefficient (Wildman–Crippen LogP) is 0.0159. The van der Waals surface area contributed by atoms with Gasteiger partial charge in [-0.15, -0.1) is 0 Å². The molecule has 0 aromatic heterocycles. The molecule has 0 aromatic carbocycles. The van der Waals surface area contributed by atoms with Crippen molar-refractivity contribution < 1.29 is 4.79 Å². The van der Waals surface area contributed by atoms with Crippen LogP contribution in [0.2, 0.25) is 0 Å². The van der Waals surface area contributed by atoms with Crippen molar-refractivity contribution in [1.82, 2.24) is 4.90 Å². The Bertz CT molecular complexity index is 257. The summed E-state index contributed by atoms with van der Waals surface area (Å²) in [6.07, 6.45) is 3.23. The minimum Gasteiger partial charge on any atom is -0.370 e. The number of rotatable bonds is 9. The van der Waals surface area contributed by atoms with Crippen LogP contribution in [0.25, 0.3) is 0 Å². The average molecular weight is 257 g/mol. The molecule has 0 unspecified atom stereocenters. The van der Waals surface area contributed by atoms with Gasteiger partial charge in [0.15, 0.2) is 5.96 Å². The molecule has 0 rings (SSSR count). The molecule has 18 heavy (non-hydrogen) atoms. The number of nitrogens with zero attached hydrogens (tertiary/aromatic N) is 2. The van der Waals surface area contributed by atoms with E-state index in [4.69, 9.17) is 17.2 Å². The summed E-state index contributed by atoms with van der Waals surface area (Å²) in [7, 11) is 0. The van der Waals surface area contributed by atoms with Crippen LogP contribution in [0.15, 0.2) is 4.99 Å². The Balaban J connectivity index is 4.09. The summed E-state index contributed by atoms with van der Waals surface area (Å²) in [6.45, 7) is 6.17. The monoisotopic (exact) mass is 257 g/mol. The highest BCUT2D eigenvalue weighted by molar-refractivity contribution is 5.81. The molecule has 6 N–H and O–H groups in total. The van der Waals surface area contributed by atoms with Gasteiger partial charge in [-0.05, 0) is 25.7 Å². The lowest BCUT2D eigenvalue weighted by Crippen LogP contribution is -2.44. The van der Waals surface area contributed by atoms with Crippen LogP contribution in [-0.4, -0.2) is 42.4 Å². The van der Waals surface area contributed by atoms with E-state index in [0.717, 1.165) is 32.4 Å². The number of amides is 1. The molecule has 1 atom stereocenters. The molecule has 1 amide bonds. The van der Waals surface area contributed by atoms with Gasteiger partial charge in [-0.2, -0.15) is 0 Å². The lowest BCUT2D eigenvalue weighted by molar-refractivity contribution is -0.132. The van der Waals surface area contributed by atoms with Gasteiger partial charge in [0.05, 0.1) is 6.04 Å². The Morgan fingerprint density at radius 2 is 1.78 bits per heavy atom. The molecule has 0 heterocycles. The molecule has 0 bridgehead atoms. The molecule has 6 heteroatoms. The van der Waals surface area contributed by atoms with Crippen LogP contribution < -0.4 is 17.2 Å². The average Bonchev–Trinajstić information content (AvgIpc) is 2.33. The predicted molar refractivity (Wildman–Crippen MR) is 75.0 cm³/mol. The van der Waals surface area contributed by atoms with Gasteiger partial charge in [0.25, 0.3) is 0 Å². The van der Waals surface area contributed by atoms with Crippen molar-refractivity contribution in [3.8, 4) is 0 Å². The maximum Gasteiger partial charge on any atom is 0.239 e. The van der Waals surface area contributed by atoms with Crippen LogP contribution in [-0.2, 0) is 4.79 Å². The maximum atomic E-state index is 12.1. The third-order valence-corrected chi connectivity index (χ3v) is 2.58. The van der Waals surface area contributed by atoms with Gasteiger partial charge in [0.1, 0.15) is 0 Å². The third-order valence-electron chi connectivity index (χ3n) is 2.58. The van der Waals surface area contributed by atoms with Gasteiger partial charge < -0.3 is 22.1 Å². The van der Waals surface area contributed by atoms with E-state index < -0.39 is 6.04 Å². The maximum absolute atomic E-state index is 12.1. The second kappa shape index (κ2) is 9.70. The van der Waals surface area contributed by atoms with E-state index in [-0.39, 0.29) is 11.9 Å². The lowest BCUT2D eigenvalue weighted by Gasteiger charge is -2.24. The van der Waals surface area contributed by atoms with Crippen molar-refractivity contribution in [2.75, 3.05) is 19.6 Å². The Hall–Kier alpha value is -1.30.